The maximum Gasteiger partial charge on any atom is 0.319 e. The Morgan fingerprint density at radius 1 is 1.61 bits per heavy atom. The van der Waals surface area contributed by atoms with Crippen molar-refractivity contribution in [3.8, 4) is 0 Å². The van der Waals surface area contributed by atoms with Crippen molar-refractivity contribution in [3.63, 3.8) is 0 Å². The molecule has 0 aromatic carbocycles. The molecule has 10 heteroatoms. The van der Waals surface area contributed by atoms with Crippen molar-refractivity contribution >= 4 is 29.1 Å². The van der Waals surface area contributed by atoms with Crippen LogP contribution in [0.5, 0.6) is 0 Å². The smallest absolute Gasteiger partial charge is 0.319 e. The molecule has 9 nitrogen and oxygen atoms in total. The van der Waals surface area contributed by atoms with E-state index >= 15 is 0 Å². The maximum atomic E-state index is 11.5. The van der Waals surface area contributed by atoms with E-state index in [-0.39, 0.29) is 5.56 Å². The Kier molecular flexibility index (Phi) is 4.52. The number of nitrogens with one attached hydrogen (secondary N) is 1. The number of hydrogen-bond acceptors (Lipinski definition) is 6. The van der Waals surface area contributed by atoms with Crippen LogP contribution in [0.4, 0.5) is 5.69 Å². The van der Waals surface area contributed by atoms with Gasteiger partial charge in [-0.05, 0) is 6.07 Å². The van der Waals surface area contributed by atoms with Crippen LogP contribution in [0.25, 0.3) is 0 Å². The number of carbonyl (C=O) groups is 2. The molecule has 0 saturated carbocycles. The van der Waals surface area contributed by atoms with Crippen LogP contribution in [0.15, 0.2) is 12.3 Å². The van der Waals surface area contributed by atoms with E-state index in [1.54, 1.807) is 0 Å². The highest BCUT2D eigenvalue weighted by molar-refractivity contribution is 6.32. The van der Waals surface area contributed by atoms with Gasteiger partial charge in [-0.3, -0.25) is 24.5 Å². The molecule has 96 valence electrons. The predicted molar refractivity (Wildman–Crippen MR) is 58.5 cm³/mol. The summed E-state index contributed by atoms with van der Waals surface area (Å²) in [5.74, 6) is -1.75. The SMILES string of the molecule is NC(=O)CONC(=O)c1ccnc(Cl)c1[N+](=O)[O-]. The van der Waals surface area contributed by atoms with Crippen molar-refractivity contribution in [2.24, 2.45) is 5.73 Å². The van der Waals surface area contributed by atoms with E-state index in [1.807, 2.05) is 5.48 Å². The second kappa shape index (κ2) is 5.89. The van der Waals surface area contributed by atoms with E-state index in [4.69, 9.17) is 17.3 Å². The van der Waals surface area contributed by atoms with E-state index in [0.29, 0.717) is 0 Å². The minimum atomic E-state index is -0.938. The average molecular weight is 275 g/mol. The molecule has 1 aromatic rings. The fourth-order valence-electron chi connectivity index (χ4n) is 1.01. The zero-order valence-corrected chi connectivity index (χ0v) is 9.51. The quantitative estimate of drug-likeness (QED) is 0.433. The first kappa shape index (κ1) is 13.8. The fourth-order valence-corrected chi connectivity index (χ4v) is 1.24. The molecule has 0 aliphatic heterocycles. The Labute approximate surface area is 105 Å². The Hall–Kier alpha value is -2.26. The van der Waals surface area contributed by atoms with Crippen molar-refractivity contribution in [1.82, 2.24) is 10.5 Å². The monoisotopic (exact) mass is 274 g/mol. The Balaban J connectivity index is 2.89. The number of nitrogens with zero attached hydrogens (tertiary/aromatic N) is 2. The van der Waals surface area contributed by atoms with E-state index in [9.17, 15) is 19.7 Å². The van der Waals surface area contributed by atoms with Crippen molar-refractivity contribution in [2.45, 2.75) is 0 Å². The molecule has 0 aliphatic rings. The number of nitrogens with two attached hydrogens (primary N) is 1. The normalized spacial score (nSPS) is 9.83. The summed E-state index contributed by atoms with van der Waals surface area (Å²) in [6.45, 7) is -0.557. The second-order valence-electron chi connectivity index (χ2n) is 2.94. The number of halogens is 1. The van der Waals surface area contributed by atoms with Crippen LogP contribution in [0.1, 0.15) is 10.4 Å². The van der Waals surface area contributed by atoms with Crippen LogP contribution in [-0.4, -0.2) is 28.3 Å². The molecule has 2 amide bonds. The van der Waals surface area contributed by atoms with Crippen LogP contribution in [-0.2, 0) is 9.63 Å². The predicted octanol–water partition coefficient (Wildman–Crippen LogP) is -0.210. The van der Waals surface area contributed by atoms with Crippen LogP contribution >= 0.6 is 11.6 Å². The number of hydrogen-bond donors (Lipinski definition) is 2. The minimum absolute atomic E-state index is 0.343. The highest BCUT2D eigenvalue weighted by Crippen LogP contribution is 2.25. The number of rotatable bonds is 5. The highest BCUT2D eigenvalue weighted by atomic mass is 35.5. The highest BCUT2D eigenvalue weighted by Gasteiger charge is 2.24. The lowest BCUT2D eigenvalue weighted by atomic mass is 10.2. The zero-order chi connectivity index (χ0) is 13.7. The summed E-state index contributed by atoms with van der Waals surface area (Å²) in [6.07, 6.45) is 1.12. The lowest BCUT2D eigenvalue weighted by Gasteiger charge is -2.05. The molecule has 1 aromatic heterocycles. The van der Waals surface area contributed by atoms with Crippen LogP contribution < -0.4 is 11.2 Å². The molecule has 0 saturated heterocycles. The van der Waals surface area contributed by atoms with Crippen LogP contribution in [0, 0.1) is 10.1 Å². The molecular weight excluding hydrogens is 268 g/mol. The largest absolute Gasteiger partial charge is 0.368 e. The summed E-state index contributed by atoms with van der Waals surface area (Å²) in [5, 5.41) is 10.3. The molecule has 0 unspecified atom stereocenters. The molecule has 1 rings (SSSR count). The minimum Gasteiger partial charge on any atom is -0.368 e. The van der Waals surface area contributed by atoms with Gasteiger partial charge in [-0.15, -0.1) is 0 Å². The van der Waals surface area contributed by atoms with Gasteiger partial charge >= 0.3 is 5.69 Å². The lowest BCUT2D eigenvalue weighted by molar-refractivity contribution is -0.385. The topological polar surface area (TPSA) is 137 Å². The van der Waals surface area contributed by atoms with Crippen molar-refractivity contribution in [2.75, 3.05) is 6.61 Å². The van der Waals surface area contributed by atoms with Crippen LogP contribution in [0.2, 0.25) is 5.15 Å². The number of pyridine rings is 1. The molecule has 3 N–H and O–H groups in total. The van der Waals surface area contributed by atoms with Gasteiger partial charge < -0.3 is 5.73 Å². The van der Waals surface area contributed by atoms with Gasteiger partial charge in [0.05, 0.1) is 4.92 Å². The molecule has 18 heavy (non-hydrogen) atoms. The first-order chi connectivity index (χ1) is 8.43. The molecule has 0 fully saturated rings. The number of carbonyl (C=O) groups excluding carboxylic acids is 2. The Morgan fingerprint density at radius 2 is 2.28 bits per heavy atom. The van der Waals surface area contributed by atoms with Gasteiger partial charge in [-0.25, -0.2) is 10.5 Å². The Bertz CT molecular complexity index is 506. The average Bonchev–Trinajstić information content (AvgIpc) is 2.27. The maximum absolute atomic E-state index is 11.5. The van der Waals surface area contributed by atoms with Gasteiger partial charge in [0.1, 0.15) is 5.56 Å². The van der Waals surface area contributed by atoms with Crippen LogP contribution in [0.3, 0.4) is 0 Å². The third-order valence-corrected chi connectivity index (χ3v) is 1.96. The van der Waals surface area contributed by atoms with Gasteiger partial charge in [0.25, 0.3) is 5.91 Å². The summed E-state index contributed by atoms with van der Waals surface area (Å²) < 4.78 is 0. The van der Waals surface area contributed by atoms with Gasteiger partial charge in [0.15, 0.2) is 6.61 Å². The number of hydroxylamine groups is 1. The summed E-state index contributed by atoms with van der Waals surface area (Å²) >= 11 is 5.51. The number of amides is 2. The van der Waals surface area contributed by atoms with Gasteiger partial charge in [-0.2, -0.15) is 0 Å². The molecule has 1 heterocycles. The fraction of sp³-hybridized carbons (Fsp3) is 0.125. The van der Waals surface area contributed by atoms with Crippen molar-refractivity contribution in [3.05, 3.63) is 33.1 Å². The summed E-state index contributed by atoms with van der Waals surface area (Å²) in [7, 11) is 0. The van der Waals surface area contributed by atoms with E-state index < -0.39 is 34.2 Å². The summed E-state index contributed by atoms with van der Waals surface area (Å²) in [6, 6.07) is 1.09. The molecular formula is C8H7ClN4O5. The van der Waals surface area contributed by atoms with Gasteiger partial charge in [0, 0.05) is 6.20 Å². The number of aromatic nitrogens is 1. The van der Waals surface area contributed by atoms with Gasteiger partial charge in [0.2, 0.25) is 11.1 Å². The third kappa shape index (κ3) is 3.37. The molecule has 0 bridgehead atoms. The molecule has 0 spiro atoms. The second-order valence-corrected chi connectivity index (χ2v) is 3.30. The van der Waals surface area contributed by atoms with E-state index in [1.165, 1.54) is 0 Å². The summed E-state index contributed by atoms with van der Waals surface area (Å²) in [4.78, 5) is 39.7. The number of nitro groups is 1. The Morgan fingerprint density at radius 3 is 2.83 bits per heavy atom. The first-order valence-corrected chi connectivity index (χ1v) is 4.80. The van der Waals surface area contributed by atoms with Crippen molar-refractivity contribution < 1.29 is 19.3 Å². The van der Waals surface area contributed by atoms with E-state index in [2.05, 4.69) is 9.82 Å². The molecule has 0 aliphatic carbocycles. The van der Waals surface area contributed by atoms with Gasteiger partial charge in [-0.1, -0.05) is 11.6 Å². The number of primary amides is 1. The van der Waals surface area contributed by atoms with E-state index in [0.717, 1.165) is 12.3 Å². The zero-order valence-electron chi connectivity index (χ0n) is 8.75. The molecule has 0 atom stereocenters. The van der Waals surface area contributed by atoms with Crippen molar-refractivity contribution in [1.29, 1.82) is 0 Å². The lowest BCUT2D eigenvalue weighted by Crippen LogP contribution is -2.29. The molecule has 0 radical (unpaired) electrons. The standard InChI is InChI=1S/C8H7ClN4O5/c9-7-6(13(16)17)4(1-2-11-7)8(15)12-18-3-5(10)14/h1-2H,3H2,(H2,10,14)(H,12,15). The summed E-state index contributed by atoms with van der Waals surface area (Å²) in [5.41, 5.74) is 5.59. The first-order valence-electron chi connectivity index (χ1n) is 4.42. The third-order valence-electron chi connectivity index (χ3n) is 1.69.